The first kappa shape index (κ1) is 10.1. The molecule has 0 saturated carbocycles. The van der Waals surface area contributed by atoms with Gasteiger partial charge in [-0.2, -0.15) is 5.10 Å². The van der Waals surface area contributed by atoms with Crippen LogP contribution in [0.5, 0.6) is 0 Å². The number of hydrogen-bond acceptors (Lipinski definition) is 3. The summed E-state index contributed by atoms with van der Waals surface area (Å²) in [6.45, 7) is 2.05. The fourth-order valence-electron chi connectivity index (χ4n) is 1.83. The molecule has 0 unspecified atom stereocenters. The lowest BCUT2D eigenvalue weighted by Crippen LogP contribution is -1.93. The van der Waals surface area contributed by atoms with Crippen molar-refractivity contribution in [3.05, 3.63) is 53.9 Å². The molecule has 0 amide bonds. The molecule has 3 aromatic heterocycles. The van der Waals surface area contributed by atoms with E-state index in [4.69, 9.17) is 4.42 Å². The van der Waals surface area contributed by atoms with Crippen LogP contribution in [-0.2, 0) is 12.8 Å². The van der Waals surface area contributed by atoms with Gasteiger partial charge in [-0.3, -0.25) is 0 Å². The lowest BCUT2D eigenvalue weighted by atomic mass is 10.2. The summed E-state index contributed by atoms with van der Waals surface area (Å²) in [5.74, 6) is 1.83. The van der Waals surface area contributed by atoms with E-state index in [0.717, 1.165) is 30.1 Å². The van der Waals surface area contributed by atoms with Crippen molar-refractivity contribution in [1.82, 2.24) is 14.6 Å². The summed E-state index contributed by atoms with van der Waals surface area (Å²) in [7, 11) is 0. The van der Waals surface area contributed by atoms with Crippen molar-refractivity contribution < 1.29 is 4.42 Å². The minimum absolute atomic E-state index is 0.800. The minimum atomic E-state index is 0.800. The maximum atomic E-state index is 5.29. The van der Waals surface area contributed by atoms with Gasteiger partial charge in [0.15, 0.2) is 11.5 Å². The van der Waals surface area contributed by atoms with Crippen LogP contribution in [0, 0.1) is 6.92 Å². The molecule has 3 aromatic rings. The second-order valence-electron chi connectivity index (χ2n) is 4.11. The Morgan fingerprint density at radius 2 is 2.24 bits per heavy atom. The standard InChI is InChI=1S/C13H13N3O/c1-10-6-7-16-13(9-10)14-12(15-16)5-4-11-3-2-8-17-11/h2-3,6-9H,4-5H2,1H3. The van der Waals surface area contributed by atoms with Crippen molar-refractivity contribution in [3.63, 3.8) is 0 Å². The van der Waals surface area contributed by atoms with Gasteiger partial charge in [0.25, 0.3) is 0 Å². The van der Waals surface area contributed by atoms with Gasteiger partial charge in [0.05, 0.1) is 6.26 Å². The van der Waals surface area contributed by atoms with Crippen molar-refractivity contribution in [2.45, 2.75) is 19.8 Å². The molecule has 0 N–H and O–H groups in total. The first-order valence-corrected chi connectivity index (χ1v) is 5.65. The topological polar surface area (TPSA) is 43.3 Å². The Bertz CT molecular complexity index is 625. The van der Waals surface area contributed by atoms with Crippen molar-refractivity contribution in [1.29, 1.82) is 0 Å². The molecular weight excluding hydrogens is 214 g/mol. The van der Waals surface area contributed by atoms with E-state index in [1.807, 2.05) is 35.0 Å². The van der Waals surface area contributed by atoms with Gasteiger partial charge in [0, 0.05) is 19.0 Å². The van der Waals surface area contributed by atoms with Gasteiger partial charge in [-0.05, 0) is 36.8 Å². The molecule has 4 heteroatoms. The monoisotopic (exact) mass is 227 g/mol. The number of nitrogens with zero attached hydrogens (tertiary/aromatic N) is 3. The molecule has 0 atom stereocenters. The SMILES string of the molecule is Cc1ccn2nc(CCc3ccco3)nc2c1. The third-order valence-electron chi connectivity index (χ3n) is 2.71. The predicted octanol–water partition coefficient (Wildman–Crippen LogP) is 2.42. The molecule has 0 bridgehead atoms. The van der Waals surface area contributed by atoms with Crippen LogP contribution in [-0.4, -0.2) is 14.6 Å². The van der Waals surface area contributed by atoms with Crippen LogP contribution in [0.3, 0.4) is 0 Å². The van der Waals surface area contributed by atoms with Crippen LogP contribution in [0.2, 0.25) is 0 Å². The summed E-state index contributed by atoms with van der Waals surface area (Å²) in [5, 5.41) is 4.42. The van der Waals surface area contributed by atoms with E-state index in [2.05, 4.69) is 17.0 Å². The van der Waals surface area contributed by atoms with Crippen LogP contribution in [0.25, 0.3) is 5.65 Å². The van der Waals surface area contributed by atoms with E-state index in [0.29, 0.717) is 0 Å². The number of fused-ring (bicyclic) bond motifs is 1. The first-order valence-electron chi connectivity index (χ1n) is 5.65. The van der Waals surface area contributed by atoms with Crippen LogP contribution < -0.4 is 0 Å². The highest BCUT2D eigenvalue weighted by molar-refractivity contribution is 5.39. The lowest BCUT2D eigenvalue weighted by Gasteiger charge is -1.91. The number of pyridine rings is 1. The van der Waals surface area contributed by atoms with Crippen LogP contribution in [0.15, 0.2) is 41.1 Å². The largest absolute Gasteiger partial charge is 0.469 e. The summed E-state index contributed by atoms with van der Waals surface area (Å²) < 4.78 is 7.10. The molecule has 0 aliphatic carbocycles. The second-order valence-corrected chi connectivity index (χ2v) is 4.11. The Hall–Kier alpha value is -2.10. The number of aromatic nitrogens is 3. The predicted molar refractivity (Wildman–Crippen MR) is 63.8 cm³/mol. The number of aryl methyl sites for hydroxylation is 3. The third-order valence-corrected chi connectivity index (χ3v) is 2.71. The van der Waals surface area contributed by atoms with Gasteiger partial charge < -0.3 is 4.42 Å². The zero-order chi connectivity index (χ0) is 11.7. The molecular formula is C13H13N3O. The fraction of sp³-hybridized carbons (Fsp3) is 0.231. The van der Waals surface area contributed by atoms with E-state index in [-0.39, 0.29) is 0 Å². The summed E-state index contributed by atoms with van der Waals surface area (Å²) in [6, 6.07) is 7.93. The van der Waals surface area contributed by atoms with E-state index in [1.165, 1.54) is 5.56 Å². The number of rotatable bonds is 3. The summed E-state index contributed by atoms with van der Waals surface area (Å²) in [5.41, 5.74) is 2.10. The van der Waals surface area contributed by atoms with E-state index >= 15 is 0 Å². The highest BCUT2D eigenvalue weighted by Crippen LogP contribution is 2.08. The maximum Gasteiger partial charge on any atom is 0.155 e. The van der Waals surface area contributed by atoms with Crippen LogP contribution in [0.1, 0.15) is 17.1 Å². The molecule has 4 nitrogen and oxygen atoms in total. The van der Waals surface area contributed by atoms with Gasteiger partial charge in [-0.25, -0.2) is 9.50 Å². The Kier molecular flexibility index (Phi) is 2.40. The average molecular weight is 227 g/mol. The molecule has 0 radical (unpaired) electrons. The normalized spacial score (nSPS) is 11.1. The van der Waals surface area contributed by atoms with Crippen molar-refractivity contribution in [2.24, 2.45) is 0 Å². The van der Waals surface area contributed by atoms with Gasteiger partial charge in [-0.15, -0.1) is 0 Å². The summed E-state index contributed by atoms with van der Waals surface area (Å²) in [4.78, 5) is 4.48. The number of furan rings is 1. The quantitative estimate of drug-likeness (QED) is 0.690. The molecule has 0 aromatic carbocycles. The van der Waals surface area contributed by atoms with Gasteiger partial charge >= 0.3 is 0 Å². The molecule has 0 fully saturated rings. The molecule has 0 aliphatic heterocycles. The highest BCUT2D eigenvalue weighted by atomic mass is 16.3. The molecule has 0 aliphatic rings. The Morgan fingerprint density at radius 1 is 1.29 bits per heavy atom. The van der Waals surface area contributed by atoms with E-state index < -0.39 is 0 Å². The van der Waals surface area contributed by atoms with Crippen molar-refractivity contribution >= 4 is 5.65 Å². The van der Waals surface area contributed by atoms with Crippen LogP contribution >= 0.6 is 0 Å². The molecule has 17 heavy (non-hydrogen) atoms. The van der Waals surface area contributed by atoms with Crippen molar-refractivity contribution in [2.75, 3.05) is 0 Å². The average Bonchev–Trinajstić information content (AvgIpc) is 2.94. The smallest absolute Gasteiger partial charge is 0.155 e. The third kappa shape index (κ3) is 2.06. The lowest BCUT2D eigenvalue weighted by molar-refractivity contribution is 0.506. The zero-order valence-corrected chi connectivity index (χ0v) is 9.63. The van der Waals surface area contributed by atoms with E-state index in [9.17, 15) is 0 Å². The molecule has 3 heterocycles. The molecule has 0 spiro atoms. The number of hydrogen-bond donors (Lipinski definition) is 0. The van der Waals surface area contributed by atoms with E-state index in [1.54, 1.807) is 6.26 Å². The Balaban J connectivity index is 1.81. The van der Waals surface area contributed by atoms with Gasteiger partial charge in [0.1, 0.15) is 5.76 Å². The van der Waals surface area contributed by atoms with Crippen molar-refractivity contribution in [3.8, 4) is 0 Å². The molecule has 86 valence electrons. The summed E-state index contributed by atoms with van der Waals surface area (Å²) >= 11 is 0. The fourth-order valence-corrected chi connectivity index (χ4v) is 1.83. The van der Waals surface area contributed by atoms with Crippen LogP contribution in [0.4, 0.5) is 0 Å². The first-order chi connectivity index (χ1) is 8.31. The zero-order valence-electron chi connectivity index (χ0n) is 9.63. The highest BCUT2D eigenvalue weighted by Gasteiger charge is 2.05. The van der Waals surface area contributed by atoms with Gasteiger partial charge in [-0.1, -0.05) is 0 Å². The Morgan fingerprint density at radius 3 is 3.06 bits per heavy atom. The molecule has 0 saturated heterocycles. The summed E-state index contributed by atoms with van der Waals surface area (Å²) in [6.07, 6.45) is 5.26. The Labute approximate surface area is 98.9 Å². The minimum Gasteiger partial charge on any atom is -0.469 e. The second kappa shape index (κ2) is 4.05. The van der Waals surface area contributed by atoms with Gasteiger partial charge in [0.2, 0.25) is 0 Å². The maximum absolute atomic E-state index is 5.29. The molecule has 3 rings (SSSR count).